The molecule has 0 radical (unpaired) electrons. The highest BCUT2D eigenvalue weighted by Gasteiger charge is 2.37. The quantitative estimate of drug-likeness (QED) is 0.798. The second-order valence-electron chi connectivity index (χ2n) is 4.51. The molecule has 0 aliphatic heterocycles. The second-order valence-corrected chi connectivity index (χ2v) is 4.51. The fourth-order valence-corrected chi connectivity index (χ4v) is 2.29. The topological polar surface area (TPSA) is 40.5 Å². The van der Waals surface area contributed by atoms with Gasteiger partial charge >= 0.3 is 0 Å². The number of phenols is 1. The fraction of sp³-hybridized carbons (Fsp3) is 0.500. The van der Waals surface area contributed by atoms with Crippen LogP contribution in [-0.2, 0) is 0 Å². The third-order valence-corrected chi connectivity index (χ3v) is 3.58. The molecule has 0 heterocycles. The third kappa shape index (κ3) is 2.50. The van der Waals surface area contributed by atoms with E-state index in [1.807, 2.05) is 32.8 Å². The zero-order chi connectivity index (χ0) is 13.1. The summed E-state index contributed by atoms with van der Waals surface area (Å²) in [6.07, 6.45) is 1.55. The number of hydrogen-bond acceptors (Lipinski definition) is 3. The van der Waals surface area contributed by atoms with Crippen LogP contribution in [0.15, 0.2) is 24.3 Å². The van der Waals surface area contributed by atoms with E-state index in [9.17, 15) is 9.90 Å². The Morgan fingerprint density at radius 1 is 1.18 bits per heavy atom. The number of rotatable bonds is 5. The summed E-state index contributed by atoms with van der Waals surface area (Å²) in [6.45, 7) is 4.06. The van der Waals surface area contributed by atoms with E-state index in [2.05, 4.69) is 0 Å². The van der Waals surface area contributed by atoms with E-state index < -0.39 is 5.54 Å². The molecule has 0 aromatic heterocycles. The summed E-state index contributed by atoms with van der Waals surface area (Å²) in [5.41, 5.74) is 0.206. The molecule has 3 nitrogen and oxygen atoms in total. The van der Waals surface area contributed by atoms with Gasteiger partial charge in [0.1, 0.15) is 5.75 Å². The fourth-order valence-electron chi connectivity index (χ4n) is 2.29. The van der Waals surface area contributed by atoms with Crippen molar-refractivity contribution in [3.8, 4) is 5.75 Å². The van der Waals surface area contributed by atoms with Gasteiger partial charge in [-0.2, -0.15) is 0 Å². The monoisotopic (exact) mass is 235 g/mol. The molecule has 0 aliphatic carbocycles. The van der Waals surface area contributed by atoms with Gasteiger partial charge in [-0.25, -0.2) is 0 Å². The minimum Gasteiger partial charge on any atom is -0.508 e. The van der Waals surface area contributed by atoms with E-state index in [0.29, 0.717) is 5.56 Å². The maximum absolute atomic E-state index is 12.6. The zero-order valence-corrected chi connectivity index (χ0v) is 11.0. The van der Waals surface area contributed by atoms with Crippen LogP contribution < -0.4 is 0 Å². The van der Waals surface area contributed by atoms with E-state index in [0.717, 1.165) is 12.8 Å². The number of phenolic OH excluding ortho intramolecular Hbond substituents is 1. The lowest BCUT2D eigenvalue weighted by Crippen LogP contribution is -2.50. The predicted molar refractivity (Wildman–Crippen MR) is 69.4 cm³/mol. The number of benzene rings is 1. The standard InChI is InChI=1S/C14H21NO2/c1-5-14(6-2,15(3)4)13(17)11-7-9-12(16)10-8-11/h7-10,16H,5-6H2,1-4H3. The summed E-state index contributed by atoms with van der Waals surface area (Å²) < 4.78 is 0. The number of ketones is 1. The van der Waals surface area contributed by atoms with E-state index in [4.69, 9.17) is 0 Å². The van der Waals surface area contributed by atoms with Crippen molar-refractivity contribution in [2.45, 2.75) is 32.2 Å². The van der Waals surface area contributed by atoms with Crippen molar-refractivity contribution in [3.05, 3.63) is 29.8 Å². The van der Waals surface area contributed by atoms with Crippen LogP contribution in [0.2, 0.25) is 0 Å². The number of nitrogens with zero attached hydrogens (tertiary/aromatic N) is 1. The molecule has 1 rings (SSSR count). The van der Waals surface area contributed by atoms with Gasteiger partial charge in [-0.1, -0.05) is 13.8 Å². The van der Waals surface area contributed by atoms with Crippen LogP contribution in [0, 0.1) is 0 Å². The molecule has 1 aromatic rings. The van der Waals surface area contributed by atoms with E-state index in [1.54, 1.807) is 24.3 Å². The Morgan fingerprint density at radius 3 is 2.00 bits per heavy atom. The molecule has 3 heteroatoms. The largest absolute Gasteiger partial charge is 0.508 e. The summed E-state index contributed by atoms with van der Waals surface area (Å²) in [7, 11) is 3.87. The molecule has 0 aliphatic rings. The van der Waals surface area contributed by atoms with Crippen LogP contribution in [0.5, 0.6) is 5.75 Å². The lowest BCUT2D eigenvalue weighted by Gasteiger charge is -2.37. The molecule has 0 unspecified atom stereocenters. The molecule has 94 valence electrons. The molecule has 0 atom stereocenters. The van der Waals surface area contributed by atoms with Crippen molar-refractivity contribution in [2.24, 2.45) is 0 Å². The average Bonchev–Trinajstić information content (AvgIpc) is 2.31. The number of carbonyl (C=O) groups is 1. The van der Waals surface area contributed by atoms with Gasteiger partial charge in [0, 0.05) is 5.56 Å². The summed E-state index contributed by atoms with van der Waals surface area (Å²) in [6, 6.07) is 6.47. The van der Waals surface area contributed by atoms with Crippen molar-refractivity contribution < 1.29 is 9.90 Å². The Labute approximate surface area is 103 Å². The molecule has 1 aromatic carbocycles. The first kappa shape index (κ1) is 13.7. The average molecular weight is 235 g/mol. The SMILES string of the molecule is CCC(CC)(C(=O)c1ccc(O)cc1)N(C)C. The van der Waals surface area contributed by atoms with E-state index >= 15 is 0 Å². The van der Waals surface area contributed by atoms with Gasteiger partial charge in [0.25, 0.3) is 0 Å². The molecular formula is C14H21NO2. The Kier molecular flexibility index (Phi) is 4.29. The number of Topliss-reactive ketones (excluding diaryl/α,β-unsaturated/α-hetero) is 1. The minimum absolute atomic E-state index is 0.118. The van der Waals surface area contributed by atoms with Gasteiger partial charge < -0.3 is 5.11 Å². The van der Waals surface area contributed by atoms with Crippen molar-refractivity contribution in [3.63, 3.8) is 0 Å². The summed E-state index contributed by atoms with van der Waals surface area (Å²) >= 11 is 0. The molecule has 1 N–H and O–H groups in total. The van der Waals surface area contributed by atoms with Crippen molar-refractivity contribution in [1.82, 2.24) is 4.90 Å². The van der Waals surface area contributed by atoms with Crippen LogP contribution in [0.25, 0.3) is 0 Å². The first-order valence-electron chi connectivity index (χ1n) is 5.99. The number of likely N-dealkylation sites (N-methyl/N-ethyl adjacent to an activating group) is 1. The molecule has 0 bridgehead atoms. The Morgan fingerprint density at radius 2 is 1.65 bits per heavy atom. The van der Waals surface area contributed by atoms with Gasteiger partial charge in [0.05, 0.1) is 5.54 Å². The molecule has 0 saturated heterocycles. The molecular weight excluding hydrogens is 214 g/mol. The second kappa shape index (κ2) is 5.32. The van der Waals surface area contributed by atoms with E-state index in [-0.39, 0.29) is 11.5 Å². The Balaban J connectivity index is 3.12. The van der Waals surface area contributed by atoms with Gasteiger partial charge in [-0.3, -0.25) is 9.69 Å². The number of hydrogen-bond donors (Lipinski definition) is 1. The van der Waals surface area contributed by atoms with Gasteiger partial charge in [0.2, 0.25) is 0 Å². The minimum atomic E-state index is -0.447. The van der Waals surface area contributed by atoms with Gasteiger partial charge in [0.15, 0.2) is 5.78 Å². The number of carbonyl (C=O) groups excluding carboxylic acids is 1. The third-order valence-electron chi connectivity index (χ3n) is 3.58. The normalized spacial score (nSPS) is 11.8. The zero-order valence-electron chi connectivity index (χ0n) is 11.0. The number of aromatic hydroxyl groups is 1. The molecule has 0 spiro atoms. The lowest BCUT2D eigenvalue weighted by atomic mass is 9.83. The highest BCUT2D eigenvalue weighted by atomic mass is 16.3. The summed E-state index contributed by atoms with van der Waals surface area (Å²) in [5.74, 6) is 0.303. The lowest BCUT2D eigenvalue weighted by molar-refractivity contribution is 0.0656. The Bertz CT molecular complexity index is 378. The van der Waals surface area contributed by atoms with Gasteiger partial charge in [-0.05, 0) is 51.2 Å². The van der Waals surface area contributed by atoms with Crippen LogP contribution in [-0.4, -0.2) is 35.4 Å². The molecule has 0 amide bonds. The molecule has 0 saturated carbocycles. The van der Waals surface area contributed by atoms with Crippen molar-refractivity contribution >= 4 is 5.78 Å². The van der Waals surface area contributed by atoms with Crippen LogP contribution in [0.1, 0.15) is 37.0 Å². The maximum atomic E-state index is 12.6. The van der Waals surface area contributed by atoms with Crippen LogP contribution in [0.4, 0.5) is 0 Å². The van der Waals surface area contributed by atoms with Crippen LogP contribution in [0.3, 0.4) is 0 Å². The molecule has 17 heavy (non-hydrogen) atoms. The Hall–Kier alpha value is -1.35. The first-order chi connectivity index (χ1) is 7.97. The van der Waals surface area contributed by atoms with Crippen LogP contribution >= 0.6 is 0 Å². The van der Waals surface area contributed by atoms with Gasteiger partial charge in [-0.15, -0.1) is 0 Å². The smallest absolute Gasteiger partial charge is 0.183 e. The van der Waals surface area contributed by atoms with Crippen molar-refractivity contribution in [1.29, 1.82) is 0 Å². The first-order valence-corrected chi connectivity index (χ1v) is 5.99. The predicted octanol–water partition coefficient (Wildman–Crippen LogP) is 2.70. The van der Waals surface area contributed by atoms with Crippen molar-refractivity contribution in [2.75, 3.05) is 14.1 Å². The van der Waals surface area contributed by atoms with E-state index in [1.165, 1.54) is 0 Å². The highest BCUT2D eigenvalue weighted by molar-refractivity contribution is 6.03. The molecule has 0 fully saturated rings. The summed E-state index contributed by atoms with van der Waals surface area (Å²) in [5, 5.41) is 9.24. The highest BCUT2D eigenvalue weighted by Crippen LogP contribution is 2.27. The maximum Gasteiger partial charge on any atom is 0.183 e. The summed E-state index contributed by atoms with van der Waals surface area (Å²) in [4.78, 5) is 14.5.